The van der Waals surface area contributed by atoms with Crippen molar-refractivity contribution in [3.05, 3.63) is 80.2 Å². The smallest absolute Gasteiger partial charge is 0.483 e. The highest BCUT2D eigenvalue weighted by molar-refractivity contribution is 6.29. The number of nitrogens with zero attached hydrogens (tertiary/aromatic N) is 1. The summed E-state index contributed by atoms with van der Waals surface area (Å²) >= 11 is 5.89. The van der Waals surface area contributed by atoms with E-state index in [1.807, 2.05) is 6.92 Å². The highest BCUT2D eigenvalue weighted by Gasteiger charge is 2.43. The van der Waals surface area contributed by atoms with Crippen molar-refractivity contribution in [3.63, 3.8) is 0 Å². The summed E-state index contributed by atoms with van der Waals surface area (Å²) in [5.74, 6) is -0.862. The SMILES string of the molecule is Cc1cc(C(C)Oc2ccc(Cl)nc2C(N)=O)c2oc(-c3ccc4c(c3)OC(F)(F)O4)c(C)c(=O)c2c1. The largest absolute Gasteiger partial charge is 0.586 e. The van der Waals surface area contributed by atoms with Gasteiger partial charge >= 0.3 is 6.29 Å². The third-order valence-corrected chi connectivity index (χ3v) is 6.07. The number of alkyl halides is 2. The van der Waals surface area contributed by atoms with Crippen molar-refractivity contribution in [2.75, 3.05) is 0 Å². The van der Waals surface area contributed by atoms with Gasteiger partial charge in [-0.25, -0.2) is 4.98 Å². The van der Waals surface area contributed by atoms with Crippen LogP contribution in [0.15, 0.2) is 51.7 Å². The van der Waals surface area contributed by atoms with Gasteiger partial charge in [-0.15, -0.1) is 8.78 Å². The van der Waals surface area contributed by atoms with Crippen LogP contribution in [0.3, 0.4) is 0 Å². The van der Waals surface area contributed by atoms with Crippen molar-refractivity contribution in [1.29, 1.82) is 0 Å². The molecule has 37 heavy (non-hydrogen) atoms. The van der Waals surface area contributed by atoms with E-state index in [1.54, 1.807) is 26.0 Å². The summed E-state index contributed by atoms with van der Waals surface area (Å²) in [5.41, 5.74) is 7.10. The van der Waals surface area contributed by atoms with Crippen molar-refractivity contribution < 1.29 is 32.2 Å². The molecule has 0 radical (unpaired) electrons. The van der Waals surface area contributed by atoms with Crippen molar-refractivity contribution in [2.24, 2.45) is 5.73 Å². The van der Waals surface area contributed by atoms with Gasteiger partial charge in [0.1, 0.15) is 22.6 Å². The Morgan fingerprint density at radius 3 is 2.57 bits per heavy atom. The van der Waals surface area contributed by atoms with Crippen LogP contribution in [-0.4, -0.2) is 17.2 Å². The van der Waals surface area contributed by atoms with Crippen LogP contribution in [-0.2, 0) is 0 Å². The highest BCUT2D eigenvalue weighted by atomic mass is 35.5. The van der Waals surface area contributed by atoms with Crippen molar-refractivity contribution in [1.82, 2.24) is 4.98 Å². The third-order valence-electron chi connectivity index (χ3n) is 5.85. The number of carbonyl (C=O) groups is 1. The molecule has 2 aromatic heterocycles. The van der Waals surface area contributed by atoms with Gasteiger partial charge in [-0.1, -0.05) is 11.6 Å². The van der Waals surface area contributed by atoms with Crippen LogP contribution in [0.5, 0.6) is 17.2 Å². The molecule has 0 saturated heterocycles. The number of carbonyl (C=O) groups excluding carboxylic acids is 1. The Labute approximate surface area is 213 Å². The number of nitrogens with two attached hydrogens (primary N) is 1. The van der Waals surface area contributed by atoms with Crippen LogP contribution in [0.4, 0.5) is 8.78 Å². The van der Waals surface area contributed by atoms with Gasteiger partial charge in [-0.2, -0.15) is 0 Å². The lowest BCUT2D eigenvalue weighted by Gasteiger charge is -2.19. The monoisotopic (exact) mass is 528 g/mol. The summed E-state index contributed by atoms with van der Waals surface area (Å²) in [4.78, 5) is 29.2. The molecule has 1 aliphatic heterocycles. The van der Waals surface area contributed by atoms with Gasteiger partial charge < -0.3 is 24.4 Å². The summed E-state index contributed by atoms with van der Waals surface area (Å²) in [6.07, 6.45) is -4.50. The van der Waals surface area contributed by atoms with Crippen LogP contribution in [0.25, 0.3) is 22.3 Å². The third kappa shape index (κ3) is 4.44. The number of pyridine rings is 1. The quantitative estimate of drug-likeness (QED) is 0.331. The van der Waals surface area contributed by atoms with E-state index >= 15 is 0 Å². The second-order valence-electron chi connectivity index (χ2n) is 8.55. The molecule has 0 fully saturated rings. The van der Waals surface area contributed by atoms with E-state index in [0.717, 1.165) is 5.56 Å². The molecule has 2 N–H and O–H groups in total. The summed E-state index contributed by atoms with van der Waals surface area (Å²) in [5, 5.41) is 0.380. The molecule has 0 aliphatic carbocycles. The summed E-state index contributed by atoms with van der Waals surface area (Å²) in [7, 11) is 0. The van der Waals surface area contributed by atoms with E-state index in [1.165, 1.54) is 30.3 Å². The van der Waals surface area contributed by atoms with Crippen LogP contribution in [0.1, 0.15) is 40.2 Å². The minimum absolute atomic E-state index is 0.0717. The van der Waals surface area contributed by atoms with Crippen LogP contribution in [0.2, 0.25) is 5.15 Å². The summed E-state index contributed by atoms with van der Waals surface area (Å²) < 4.78 is 48.2. The molecule has 5 rings (SSSR count). The van der Waals surface area contributed by atoms with E-state index in [-0.39, 0.29) is 50.4 Å². The Morgan fingerprint density at radius 1 is 1.11 bits per heavy atom. The van der Waals surface area contributed by atoms with Gasteiger partial charge in [0.25, 0.3) is 5.91 Å². The van der Waals surface area contributed by atoms with Crippen molar-refractivity contribution >= 4 is 28.5 Å². The first-order valence-electron chi connectivity index (χ1n) is 11.0. The zero-order valence-corrected chi connectivity index (χ0v) is 20.5. The maximum absolute atomic E-state index is 13.5. The first-order valence-corrected chi connectivity index (χ1v) is 11.4. The molecule has 1 unspecified atom stereocenters. The van der Waals surface area contributed by atoms with Crippen molar-refractivity contribution in [2.45, 2.75) is 33.2 Å². The maximum atomic E-state index is 13.5. The Balaban J connectivity index is 1.64. The van der Waals surface area contributed by atoms with Gasteiger partial charge in [-0.3, -0.25) is 9.59 Å². The second-order valence-corrected chi connectivity index (χ2v) is 8.94. The van der Waals surface area contributed by atoms with Crippen LogP contribution in [0, 0.1) is 13.8 Å². The highest BCUT2D eigenvalue weighted by Crippen LogP contribution is 2.43. The number of ether oxygens (including phenoxy) is 3. The lowest BCUT2D eigenvalue weighted by molar-refractivity contribution is -0.286. The summed E-state index contributed by atoms with van der Waals surface area (Å²) in [6, 6.07) is 10.5. The molecule has 0 bridgehead atoms. The minimum Gasteiger partial charge on any atom is -0.483 e. The zero-order chi connectivity index (χ0) is 26.6. The molecule has 8 nitrogen and oxygen atoms in total. The molecule has 11 heteroatoms. The predicted octanol–water partition coefficient (Wildman–Crippen LogP) is 5.69. The predicted molar refractivity (Wildman–Crippen MR) is 130 cm³/mol. The number of amides is 1. The molecule has 1 atom stereocenters. The van der Waals surface area contributed by atoms with Crippen molar-refractivity contribution in [3.8, 4) is 28.6 Å². The first-order chi connectivity index (χ1) is 17.4. The lowest BCUT2D eigenvalue weighted by atomic mass is 10.00. The molecule has 0 saturated carbocycles. The van der Waals surface area contributed by atoms with Gasteiger partial charge in [0.05, 0.1) is 5.39 Å². The van der Waals surface area contributed by atoms with Gasteiger partial charge in [0.15, 0.2) is 28.4 Å². The molecule has 190 valence electrons. The van der Waals surface area contributed by atoms with E-state index in [9.17, 15) is 18.4 Å². The van der Waals surface area contributed by atoms with E-state index in [2.05, 4.69) is 14.5 Å². The Morgan fingerprint density at radius 2 is 1.84 bits per heavy atom. The zero-order valence-electron chi connectivity index (χ0n) is 19.7. The molecule has 1 aliphatic rings. The summed E-state index contributed by atoms with van der Waals surface area (Å²) in [6.45, 7) is 5.10. The number of hydrogen-bond donors (Lipinski definition) is 1. The van der Waals surface area contributed by atoms with Gasteiger partial charge in [0, 0.05) is 16.7 Å². The van der Waals surface area contributed by atoms with Crippen LogP contribution >= 0.6 is 11.6 Å². The average Bonchev–Trinajstić information content (AvgIpc) is 3.15. The van der Waals surface area contributed by atoms with Gasteiger partial charge in [0.2, 0.25) is 0 Å². The first kappa shape index (κ1) is 24.5. The molecule has 4 aromatic rings. The average molecular weight is 529 g/mol. The minimum atomic E-state index is -3.78. The lowest BCUT2D eigenvalue weighted by Crippen LogP contribution is -2.25. The van der Waals surface area contributed by atoms with E-state index in [0.29, 0.717) is 16.5 Å². The number of benzene rings is 2. The number of aromatic nitrogens is 1. The van der Waals surface area contributed by atoms with E-state index in [4.69, 9.17) is 26.5 Å². The normalized spacial score (nSPS) is 14.5. The molecule has 0 spiro atoms. The molecule has 3 heterocycles. The Kier molecular flexibility index (Phi) is 5.79. The topological polar surface area (TPSA) is 114 Å². The number of aryl methyl sites for hydroxylation is 1. The molecule has 1 amide bonds. The van der Waals surface area contributed by atoms with E-state index < -0.39 is 18.3 Å². The fraction of sp³-hybridized carbons (Fsp3) is 0.192. The number of primary amides is 1. The molecular formula is C26H19ClF2N2O6. The Hall–Kier alpha value is -4.18. The fourth-order valence-electron chi connectivity index (χ4n) is 4.18. The molecular weight excluding hydrogens is 510 g/mol. The fourth-order valence-corrected chi connectivity index (χ4v) is 4.33. The number of halogens is 3. The number of hydrogen-bond acceptors (Lipinski definition) is 7. The standard InChI is InChI=1S/C26H19ClF2N2O6/c1-11-8-15(13(3)34-18-6-7-20(27)31-21(18)25(30)33)24-16(9-11)22(32)12(2)23(35-24)14-4-5-17-19(10-14)37-26(28,29)36-17/h4-10,13H,1-3H3,(H2,30,33). The van der Waals surface area contributed by atoms with Crippen LogP contribution < -0.4 is 25.4 Å². The maximum Gasteiger partial charge on any atom is 0.586 e. The second kappa shape index (κ2) is 8.74. The van der Waals surface area contributed by atoms with Gasteiger partial charge in [-0.05, 0) is 68.8 Å². The molecule has 2 aromatic carbocycles. The Bertz CT molecular complexity index is 1650. The number of fused-ring (bicyclic) bond motifs is 2. The number of rotatable bonds is 5.